The van der Waals surface area contributed by atoms with E-state index >= 15 is 0 Å². The quantitative estimate of drug-likeness (QED) is 0.748. The highest BCUT2D eigenvalue weighted by Crippen LogP contribution is 2.38. The first-order valence-corrected chi connectivity index (χ1v) is 5.85. The van der Waals surface area contributed by atoms with Crippen molar-refractivity contribution in [2.75, 3.05) is 12.5 Å². The van der Waals surface area contributed by atoms with Crippen molar-refractivity contribution >= 4 is 11.6 Å². The number of nitrogens with zero attached hydrogens (tertiary/aromatic N) is 1. The van der Waals surface area contributed by atoms with E-state index in [0.717, 1.165) is 16.8 Å². The van der Waals surface area contributed by atoms with Gasteiger partial charge in [-0.15, -0.1) is 11.6 Å². The lowest BCUT2D eigenvalue weighted by atomic mass is 10.0. The number of halogens is 2. The number of alkyl halides is 2. The first kappa shape index (κ1) is 13.3. The summed E-state index contributed by atoms with van der Waals surface area (Å²) >= 11 is 5.65. The van der Waals surface area contributed by atoms with Crippen LogP contribution in [0.25, 0.3) is 0 Å². The fourth-order valence-corrected chi connectivity index (χ4v) is 2.18. The molecule has 8 heteroatoms. The van der Waals surface area contributed by atoms with Crippen molar-refractivity contribution in [2.24, 2.45) is 0 Å². The summed E-state index contributed by atoms with van der Waals surface area (Å²) in [4.78, 5) is 24.4. The lowest BCUT2D eigenvalue weighted by Crippen LogP contribution is -2.37. The van der Waals surface area contributed by atoms with Gasteiger partial charge in [0.05, 0.1) is 12.5 Å². The van der Waals surface area contributed by atoms with E-state index < -0.39 is 35.9 Å². The van der Waals surface area contributed by atoms with Crippen molar-refractivity contribution in [1.29, 1.82) is 0 Å². The molecule has 0 aromatic carbocycles. The van der Waals surface area contributed by atoms with Crippen molar-refractivity contribution in [2.45, 2.75) is 24.4 Å². The lowest BCUT2D eigenvalue weighted by Gasteiger charge is -2.24. The van der Waals surface area contributed by atoms with Crippen LogP contribution in [0.15, 0.2) is 21.9 Å². The predicted octanol–water partition coefficient (Wildman–Crippen LogP) is -0.237. The number of aromatic amines is 1. The summed E-state index contributed by atoms with van der Waals surface area (Å²) in [6.45, 7) is -0.439. The highest BCUT2D eigenvalue weighted by molar-refractivity contribution is 6.18. The summed E-state index contributed by atoms with van der Waals surface area (Å²) in [5.41, 5.74) is -2.53. The molecule has 0 spiro atoms. The molecule has 0 saturated carbocycles. The Kier molecular flexibility index (Phi) is 3.56. The maximum Gasteiger partial charge on any atom is 0.330 e. The zero-order chi connectivity index (χ0) is 13.3. The van der Waals surface area contributed by atoms with Gasteiger partial charge in [-0.1, -0.05) is 0 Å². The normalized spacial score (nSPS) is 31.7. The van der Waals surface area contributed by atoms with Gasteiger partial charge in [0, 0.05) is 18.7 Å². The van der Waals surface area contributed by atoms with Crippen LogP contribution in [0.3, 0.4) is 0 Å². The second kappa shape index (κ2) is 4.83. The Labute approximate surface area is 106 Å². The summed E-state index contributed by atoms with van der Waals surface area (Å²) in [5.74, 6) is -0.0848. The van der Waals surface area contributed by atoms with E-state index in [1.54, 1.807) is 0 Å². The third-order valence-corrected chi connectivity index (χ3v) is 3.39. The standard InChI is InChI=1S/C10H12ClFN2O4/c11-4-10(5-15)3-6(12)8(18-10)14-2-1-7(16)13-9(14)17/h1-2,6,8,15H,3-5H2,(H,13,16,17)/t6?,8?,10-/m1/s1. The molecule has 2 rings (SSSR count). The van der Waals surface area contributed by atoms with E-state index in [1.165, 1.54) is 0 Å². The van der Waals surface area contributed by atoms with Gasteiger partial charge in [-0.2, -0.15) is 0 Å². The Bertz CT molecular complexity index is 539. The molecule has 1 aliphatic heterocycles. The molecule has 1 aromatic heterocycles. The van der Waals surface area contributed by atoms with E-state index in [2.05, 4.69) is 0 Å². The molecule has 0 radical (unpaired) electrons. The zero-order valence-corrected chi connectivity index (χ0v) is 10.1. The molecular formula is C10H12ClFN2O4. The highest BCUT2D eigenvalue weighted by Gasteiger charge is 2.47. The Morgan fingerprint density at radius 1 is 1.67 bits per heavy atom. The lowest BCUT2D eigenvalue weighted by molar-refractivity contribution is -0.0932. The topological polar surface area (TPSA) is 84.3 Å². The summed E-state index contributed by atoms with van der Waals surface area (Å²) in [7, 11) is 0. The van der Waals surface area contributed by atoms with Crippen LogP contribution in [0.2, 0.25) is 0 Å². The third kappa shape index (κ3) is 2.21. The van der Waals surface area contributed by atoms with Crippen LogP contribution in [-0.2, 0) is 4.74 Å². The summed E-state index contributed by atoms with van der Waals surface area (Å²) in [5, 5.41) is 9.19. The smallest absolute Gasteiger partial charge is 0.330 e. The average Bonchev–Trinajstić information content (AvgIpc) is 2.67. The SMILES string of the molecule is O=c1ccn(C2O[C@@](CO)(CCl)CC2F)c(=O)[nH]1. The largest absolute Gasteiger partial charge is 0.393 e. The van der Waals surface area contributed by atoms with Gasteiger partial charge in [-0.3, -0.25) is 14.3 Å². The summed E-state index contributed by atoms with van der Waals surface area (Å²) in [6.07, 6.45) is -1.64. The fraction of sp³-hybridized carbons (Fsp3) is 0.600. The molecule has 3 atom stereocenters. The molecule has 2 unspecified atom stereocenters. The zero-order valence-electron chi connectivity index (χ0n) is 9.31. The predicted molar refractivity (Wildman–Crippen MR) is 61.5 cm³/mol. The van der Waals surface area contributed by atoms with Gasteiger partial charge in [0.1, 0.15) is 11.8 Å². The number of hydrogen-bond acceptors (Lipinski definition) is 4. The number of rotatable bonds is 3. The van der Waals surface area contributed by atoms with Crippen LogP contribution in [0.4, 0.5) is 4.39 Å². The van der Waals surface area contributed by atoms with Crippen molar-refractivity contribution in [3.05, 3.63) is 33.1 Å². The molecule has 0 bridgehead atoms. The minimum atomic E-state index is -1.49. The van der Waals surface area contributed by atoms with Gasteiger partial charge in [-0.25, -0.2) is 9.18 Å². The van der Waals surface area contributed by atoms with Crippen molar-refractivity contribution in [3.63, 3.8) is 0 Å². The van der Waals surface area contributed by atoms with Gasteiger partial charge in [0.15, 0.2) is 6.23 Å². The number of hydrogen-bond donors (Lipinski definition) is 2. The number of nitrogens with one attached hydrogen (secondary N) is 1. The molecule has 1 aliphatic rings. The van der Waals surface area contributed by atoms with Crippen LogP contribution in [0.5, 0.6) is 0 Å². The van der Waals surface area contributed by atoms with Gasteiger partial charge in [0.2, 0.25) is 0 Å². The van der Waals surface area contributed by atoms with Crippen molar-refractivity contribution in [3.8, 4) is 0 Å². The molecule has 1 aromatic rings. The average molecular weight is 279 g/mol. The van der Waals surface area contributed by atoms with Crippen molar-refractivity contribution < 1.29 is 14.2 Å². The number of ether oxygens (including phenoxy) is 1. The Morgan fingerprint density at radius 2 is 2.39 bits per heavy atom. The fourth-order valence-electron chi connectivity index (χ4n) is 1.92. The minimum absolute atomic E-state index is 0.0848. The molecule has 6 nitrogen and oxygen atoms in total. The van der Waals surface area contributed by atoms with E-state index in [9.17, 15) is 19.1 Å². The second-order valence-corrected chi connectivity index (χ2v) is 4.49. The maximum atomic E-state index is 13.9. The van der Waals surface area contributed by atoms with Crippen molar-refractivity contribution in [1.82, 2.24) is 9.55 Å². The molecule has 1 saturated heterocycles. The monoisotopic (exact) mass is 278 g/mol. The van der Waals surface area contributed by atoms with Crippen LogP contribution >= 0.6 is 11.6 Å². The van der Waals surface area contributed by atoms with E-state index in [0.29, 0.717) is 0 Å². The minimum Gasteiger partial charge on any atom is -0.393 e. The van der Waals surface area contributed by atoms with Crippen LogP contribution in [0.1, 0.15) is 12.6 Å². The van der Waals surface area contributed by atoms with Gasteiger partial charge in [0.25, 0.3) is 5.56 Å². The molecule has 18 heavy (non-hydrogen) atoms. The Hall–Kier alpha value is -1.18. The summed E-state index contributed by atoms with van der Waals surface area (Å²) in [6, 6.07) is 1.09. The number of aliphatic hydroxyl groups excluding tert-OH is 1. The van der Waals surface area contributed by atoms with Crippen LogP contribution in [-0.4, -0.2) is 38.9 Å². The molecule has 100 valence electrons. The van der Waals surface area contributed by atoms with Gasteiger partial charge in [-0.05, 0) is 0 Å². The first-order chi connectivity index (χ1) is 8.51. The molecule has 2 heterocycles. The van der Waals surface area contributed by atoms with E-state index in [-0.39, 0.29) is 12.3 Å². The molecule has 2 N–H and O–H groups in total. The molecule has 0 aliphatic carbocycles. The Morgan fingerprint density at radius 3 is 2.89 bits per heavy atom. The van der Waals surface area contributed by atoms with Gasteiger partial charge < -0.3 is 9.84 Å². The molecule has 1 fully saturated rings. The second-order valence-electron chi connectivity index (χ2n) is 4.22. The van der Waals surface area contributed by atoms with Gasteiger partial charge >= 0.3 is 5.69 Å². The molecule has 0 amide bonds. The van der Waals surface area contributed by atoms with Crippen LogP contribution in [0, 0.1) is 0 Å². The van der Waals surface area contributed by atoms with Crippen LogP contribution < -0.4 is 11.2 Å². The van der Waals surface area contributed by atoms with E-state index in [4.69, 9.17) is 16.3 Å². The summed E-state index contributed by atoms with van der Waals surface area (Å²) < 4.78 is 20.2. The number of aromatic nitrogens is 2. The van der Waals surface area contributed by atoms with E-state index in [1.807, 2.05) is 4.98 Å². The highest BCUT2D eigenvalue weighted by atomic mass is 35.5. The number of H-pyrrole nitrogens is 1. The number of aliphatic hydroxyl groups is 1. The molecular weight excluding hydrogens is 267 g/mol. The first-order valence-electron chi connectivity index (χ1n) is 5.31. The Balaban J connectivity index is 2.35. The maximum absolute atomic E-state index is 13.9. The third-order valence-electron chi connectivity index (χ3n) is 2.90.